The second-order valence-electron chi connectivity index (χ2n) is 7.28. The Bertz CT molecular complexity index is 1210. The van der Waals surface area contributed by atoms with Gasteiger partial charge in [-0.1, -0.05) is 5.11 Å². The van der Waals surface area contributed by atoms with Gasteiger partial charge in [0.15, 0.2) is 0 Å². The van der Waals surface area contributed by atoms with Gasteiger partial charge in [-0.25, -0.2) is 14.5 Å². The van der Waals surface area contributed by atoms with Crippen LogP contribution in [0.3, 0.4) is 0 Å². The van der Waals surface area contributed by atoms with Crippen molar-refractivity contribution in [3.05, 3.63) is 73.1 Å². The fourth-order valence-corrected chi connectivity index (χ4v) is 3.11. The van der Waals surface area contributed by atoms with Gasteiger partial charge in [-0.15, -0.1) is 4.68 Å². The molecular formula is C23H26N8O+2. The van der Waals surface area contributed by atoms with Crippen LogP contribution in [0.15, 0.2) is 83.3 Å². The maximum Gasteiger partial charge on any atom is 0.421 e. The Morgan fingerprint density at radius 1 is 0.844 bits per heavy atom. The van der Waals surface area contributed by atoms with Crippen LogP contribution < -0.4 is 24.6 Å². The second kappa shape index (κ2) is 9.25. The maximum atomic E-state index is 5.14. The number of hydrogen-bond donors (Lipinski definition) is 2. The minimum atomic E-state index is 0.569. The Morgan fingerprint density at radius 2 is 1.47 bits per heavy atom. The molecule has 0 fully saturated rings. The highest BCUT2D eigenvalue weighted by Gasteiger charge is 2.11. The van der Waals surface area contributed by atoms with Gasteiger partial charge in [-0.3, -0.25) is 0 Å². The van der Waals surface area contributed by atoms with Crippen LogP contribution in [-0.2, 0) is 21.1 Å². The molecule has 4 aromatic rings. The van der Waals surface area contributed by atoms with Gasteiger partial charge >= 0.3 is 5.95 Å². The number of nitrogens with one attached hydrogen (secondary N) is 2. The summed E-state index contributed by atoms with van der Waals surface area (Å²) in [5.41, 5.74) is 3.71. The molecule has 0 aliphatic heterocycles. The van der Waals surface area contributed by atoms with Crippen molar-refractivity contribution in [2.45, 2.75) is 0 Å². The molecule has 32 heavy (non-hydrogen) atoms. The first-order chi connectivity index (χ1) is 15.5. The topological polar surface area (TPSA) is 83.6 Å². The first-order valence-corrected chi connectivity index (χ1v) is 10.1. The first kappa shape index (κ1) is 21.0. The predicted octanol–water partition coefficient (Wildman–Crippen LogP) is 3.98. The van der Waals surface area contributed by atoms with Gasteiger partial charge in [-0.2, -0.15) is 0 Å². The second-order valence-corrected chi connectivity index (χ2v) is 7.28. The molecule has 4 rings (SSSR count). The van der Waals surface area contributed by atoms with Crippen molar-refractivity contribution < 1.29 is 14.0 Å². The van der Waals surface area contributed by atoms with E-state index in [1.54, 1.807) is 11.8 Å². The van der Waals surface area contributed by atoms with E-state index in [1.807, 2.05) is 103 Å². The highest BCUT2D eigenvalue weighted by Crippen LogP contribution is 2.23. The molecule has 2 aromatic carbocycles. The summed E-state index contributed by atoms with van der Waals surface area (Å²) in [4.78, 5) is 0. The highest BCUT2D eigenvalue weighted by atomic mass is 16.5. The lowest BCUT2D eigenvalue weighted by atomic mass is 10.2. The maximum absolute atomic E-state index is 5.14. The lowest BCUT2D eigenvalue weighted by Gasteiger charge is -2.07. The Morgan fingerprint density at radius 3 is 2.03 bits per heavy atom. The van der Waals surface area contributed by atoms with Gasteiger partial charge in [0.05, 0.1) is 33.6 Å². The molecule has 0 amide bonds. The quantitative estimate of drug-likeness (QED) is 0.343. The van der Waals surface area contributed by atoms with Crippen molar-refractivity contribution in [3.63, 3.8) is 0 Å². The third-order valence-electron chi connectivity index (χ3n) is 4.90. The zero-order valence-electron chi connectivity index (χ0n) is 18.5. The summed E-state index contributed by atoms with van der Waals surface area (Å²) >= 11 is 0. The summed E-state index contributed by atoms with van der Waals surface area (Å²) in [5.74, 6) is 2.21. The summed E-state index contributed by atoms with van der Waals surface area (Å²) in [7, 11) is 7.35. The van der Waals surface area contributed by atoms with Gasteiger partial charge in [0.2, 0.25) is 0 Å². The molecule has 2 aromatic heterocycles. The average molecular weight is 431 g/mol. The molecule has 2 heterocycles. The number of imidazole rings is 1. The smallest absolute Gasteiger partial charge is 0.421 e. The lowest BCUT2D eigenvalue weighted by Crippen LogP contribution is -2.36. The number of anilines is 4. The van der Waals surface area contributed by atoms with Gasteiger partial charge in [0.1, 0.15) is 18.4 Å². The first-order valence-electron chi connectivity index (χ1n) is 10.1. The van der Waals surface area contributed by atoms with Crippen molar-refractivity contribution in [2.24, 2.45) is 31.4 Å². The van der Waals surface area contributed by atoms with E-state index < -0.39 is 0 Å². The molecule has 0 atom stereocenters. The lowest BCUT2D eigenvalue weighted by molar-refractivity contribution is -0.717. The number of rotatable bonds is 7. The standard InChI is InChI=1S/C23H24N8O/c1-29-15-16-30(2)23(29)27-26-20-11-9-18(10-12-20)24-17-5-7-19(8-6-17)25-21-13-14-22(32-4)28-31(21)3/h5-16H,1-4H3/p+2. The molecule has 162 valence electrons. The highest BCUT2D eigenvalue weighted by molar-refractivity contribution is 5.65. The van der Waals surface area contributed by atoms with Gasteiger partial charge in [0, 0.05) is 28.6 Å². The van der Waals surface area contributed by atoms with Crippen molar-refractivity contribution >= 4 is 34.5 Å². The molecule has 0 radical (unpaired) electrons. The van der Waals surface area contributed by atoms with Crippen molar-refractivity contribution in [2.75, 3.05) is 17.7 Å². The largest absolute Gasteiger partial charge is 0.479 e. The molecule has 0 saturated carbocycles. The van der Waals surface area contributed by atoms with Crippen LogP contribution >= 0.6 is 0 Å². The van der Waals surface area contributed by atoms with Crippen LogP contribution in [0.2, 0.25) is 0 Å². The summed E-state index contributed by atoms with van der Waals surface area (Å²) < 4.78 is 10.7. The Labute approximate surface area is 186 Å². The predicted molar refractivity (Wildman–Crippen MR) is 122 cm³/mol. The molecule has 0 unspecified atom stereocenters. The Balaban J connectivity index is 1.38. The average Bonchev–Trinajstić information content (AvgIpc) is 3.13. The van der Waals surface area contributed by atoms with E-state index in [0.29, 0.717) is 5.88 Å². The van der Waals surface area contributed by atoms with Crippen molar-refractivity contribution in [1.29, 1.82) is 0 Å². The van der Waals surface area contributed by atoms with E-state index in [0.717, 1.165) is 34.5 Å². The van der Waals surface area contributed by atoms with E-state index in [4.69, 9.17) is 4.74 Å². The number of azo groups is 1. The molecule has 9 heteroatoms. The minimum Gasteiger partial charge on any atom is -0.479 e. The van der Waals surface area contributed by atoms with E-state index >= 15 is 0 Å². The molecule has 9 nitrogen and oxygen atoms in total. The summed E-state index contributed by atoms with van der Waals surface area (Å²) in [6, 6.07) is 19.6. The van der Waals surface area contributed by atoms with Crippen LogP contribution in [0.25, 0.3) is 0 Å². The van der Waals surface area contributed by atoms with Crippen LogP contribution in [0.5, 0.6) is 5.88 Å². The molecule has 2 N–H and O–H groups in total. The van der Waals surface area contributed by atoms with E-state index in [1.165, 1.54) is 0 Å². The van der Waals surface area contributed by atoms with Gasteiger partial charge < -0.3 is 10.1 Å². The third kappa shape index (κ3) is 4.89. The number of methoxy groups -OCH3 is 1. The third-order valence-corrected chi connectivity index (χ3v) is 4.90. The van der Waals surface area contributed by atoms with Crippen molar-refractivity contribution in [3.8, 4) is 5.88 Å². The van der Waals surface area contributed by atoms with Crippen LogP contribution in [0.4, 0.5) is 34.5 Å². The van der Waals surface area contributed by atoms with E-state index in [2.05, 4.69) is 26.0 Å². The van der Waals surface area contributed by atoms with Crippen molar-refractivity contribution in [1.82, 2.24) is 9.67 Å². The molecule has 0 aliphatic carbocycles. The zero-order valence-corrected chi connectivity index (χ0v) is 18.5. The normalized spacial score (nSPS) is 11.0. The van der Waals surface area contributed by atoms with E-state index in [9.17, 15) is 0 Å². The van der Waals surface area contributed by atoms with Gasteiger partial charge in [-0.05, 0) is 53.6 Å². The molecule has 0 aliphatic rings. The molecule has 0 bridgehead atoms. The Kier molecular flexibility index (Phi) is 6.07. The van der Waals surface area contributed by atoms with Crippen LogP contribution in [0, 0.1) is 0 Å². The zero-order chi connectivity index (χ0) is 22.5. The van der Waals surface area contributed by atoms with Crippen LogP contribution in [0.1, 0.15) is 0 Å². The summed E-state index contributed by atoms with van der Waals surface area (Å²) in [6.07, 6.45) is 3.88. The number of nitrogens with zero attached hydrogens (tertiary/aromatic N) is 6. The summed E-state index contributed by atoms with van der Waals surface area (Å²) in [6.45, 7) is 0. The SMILES string of the molecule is COc1ccc(Nc2ccc(Nc3ccc(N=Nc4n(C)cc[n+]4C)cc3)cc2)[n+](C)n1. The Hall–Kier alpha value is -4.27. The fraction of sp³-hybridized carbons (Fsp3) is 0.174. The number of aryl methyl sites for hydroxylation is 3. The minimum absolute atomic E-state index is 0.569. The fourth-order valence-electron chi connectivity index (χ4n) is 3.11. The molecule has 0 spiro atoms. The number of hydrogen-bond acceptors (Lipinski definition) is 6. The number of ether oxygens (including phenoxy) is 1. The molecular weight excluding hydrogens is 404 g/mol. The summed E-state index contributed by atoms with van der Waals surface area (Å²) in [5, 5.41) is 19.7. The van der Waals surface area contributed by atoms with Crippen LogP contribution in [-0.4, -0.2) is 16.8 Å². The van der Waals surface area contributed by atoms with E-state index in [-0.39, 0.29) is 0 Å². The molecule has 0 saturated heterocycles. The van der Waals surface area contributed by atoms with Gasteiger partial charge in [0.25, 0.3) is 11.7 Å². The monoisotopic (exact) mass is 430 g/mol. The number of aromatic nitrogens is 4. The number of benzene rings is 2.